The summed E-state index contributed by atoms with van der Waals surface area (Å²) >= 11 is 0. The molecule has 0 radical (unpaired) electrons. The Hall–Kier alpha value is -0.990. The van der Waals surface area contributed by atoms with Crippen LogP contribution in [0, 0.1) is 5.92 Å². The molecule has 0 amide bonds. The molecule has 0 aliphatic heterocycles. The van der Waals surface area contributed by atoms with Gasteiger partial charge < -0.3 is 10.3 Å². The zero-order valence-electron chi connectivity index (χ0n) is 10.4. The lowest BCUT2D eigenvalue weighted by Gasteiger charge is -2.06. The van der Waals surface area contributed by atoms with Gasteiger partial charge in [-0.1, -0.05) is 20.8 Å². The standard InChI is InChI=1S/C12H23N3/c1-5-7-11-14-10(8-9(3)4)12(13)15(11)6-2/h9H,5-8,13H2,1-4H3. The third-order valence-corrected chi connectivity index (χ3v) is 2.55. The average Bonchev–Trinajstić information content (AvgIpc) is 2.43. The van der Waals surface area contributed by atoms with E-state index in [4.69, 9.17) is 5.73 Å². The van der Waals surface area contributed by atoms with Crippen molar-refractivity contribution in [2.45, 2.75) is 53.5 Å². The Kier molecular flexibility index (Phi) is 4.18. The van der Waals surface area contributed by atoms with Crippen LogP contribution in [0.2, 0.25) is 0 Å². The van der Waals surface area contributed by atoms with Crippen LogP contribution in [0.1, 0.15) is 45.6 Å². The number of aromatic nitrogens is 2. The van der Waals surface area contributed by atoms with E-state index in [1.165, 1.54) is 0 Å². The predicted octanol–water partition coefficient (Wildman–Crippen LogP) is 2.64. The number of nitrogens with zero attached hydrogens (tertiary/aromatic N) is 2. The number of aryl methyl sites for hydroxylation is 1. The molecule has 0 atom stereocenters. The van der Waals surface area contributed by atoms with Gasteiger partial charge in [-0.05, 0) is 25.7 Å². The summed E-state index contributed by atoms with van der Waals surface area (Å²) < 4.78 is 2.14. The van der Waals surface area contributed by atoms with Gasteiger partial charge in [0.15, 0.2) is 0 Å². The van der Waals surface area contributed by atoms with Gasteiger partial charge in [0, 0.05) is 13.0 Å². The van der Waals surface area contributed by atoms with Crippen molar-refractivity contribution < 1.29 is 0 Å². The van der Waals surface area contributed by atoms with Crippen molar-refractivity contribution in [3.63, 3.8) is 0 Å². The van der Waals surface area contributed by atoms with Gasteiger partial charge >= 0.3 is 0 Å². The largest absolute Gasteiger partial charge is 0.384 e. The monoisotopic (exact) mass is 209 g/mol. The summed E-state index contributed by atoms with van der Waals surface area (Å²) in [4.78, 5) is 4.65. The number of imidazole rings is 1. The van der Waals surface area contributed by atoms with E-state index in [0.717, 1.165) is 43.1 Å². The minimum absolute atomic E-state index is 0.613. The van der Waals surface area contributed by atoms with Crippen molar-refractivity contribution in [3.8, 4) is 0 Å². The van der Waals surface area contributed by atoms with Crippen molar-refractivity contribution in [3.05, 3.63) is 11.5 Å². The fourth-order valence-corrected chi connectivity index (χ4v) is 1.87. The van der Waals surface area contributed by atoms with Gasteiger partial charge in [-0.15, -0.1) is 0 Å². The number of hydrogen-bond acceptors (Lipinski definition) is 2. The smallest absolute Gasteiger partial charge is 0.126 e. The molecule has 0 aromatic carbocycles. The molecule has 0 spiro atoms. The number of hydrogen-bond donors (Lipinski definition) is 1. The van der Waals surface area contributed by atoms with E-state index in [2.05, 4.69) is 37.2 Å². The Bertz CT molecular complexity index is 313. The van der Waals surface area contributed by atoms with Crippen molar-refractivity contribution >= 4 is 5.82 Å². The van der Waals surface area contributed by atoms with Crippen LogP contribution < -0.4 is 5.73 Å². The summed E-state index contributed by atoms with van der Waals surface area (Å²) in [5.74, 6) is 2.63. The molecule has 1 heterocycles. The maximum atomic E-state index is 6.09. The van der Waals surface area contributed by atoms with Gasteiger partial charge in [-0.3, -0.25) is 0 Å². The average molecular weight is 209 g/mol. The molecule has 0 bridgehead atoms. The van der Waals surface area contributed by atoms with Crippen LogP contribution in [0.25, 0.3) is 0 Å². The lowest BCUT2D eigenvalue weighted by molar-refractivity contribution is 0.637. The summed E-state index contributed by atoms with van der Waals surface area (Å²) in [5, 5.41) is 0. The molecule has 0 fully saturated rings. The first kappa shape index (κ1) is 12.1. The van der Waals surface area contributed by atoms with Gasteiger partial charge in [-0.2, -0.15) is 0 Å². The van der Waals surface area contributed by atoms with E-state index in [1.807, 2.05) is 0 Å². The normalized spacial score (nSPS) is 11.3. The maximum Gasteiger partial charge on any atom is 0.126 e. The highest BCUT2D eigenvalue weighted by Crippen LogP contribution is 2.18. The third-order valence-electron chi connectivity index (χ3n) is 2.55. The van der Waals surface area contributed by atoms with Crippen LogP contribution in [-0.4, -0.2) is 9.55 Å². The molecule has 0 saturated heterocycles. The third kappa shape index (κ3) is 2.74. The van der Waals surface area contributed by atoms with Gasteiger partial charge in [0.05, 0.1) is 5.69 Å². The fraction of sp³-hybridized carbons (Fsp3) is 0.750. The molecule has 0 saturated carbocycles. The first-order valence-corrected chi connectivity index (χ1v) is 5.93. The van der Waals surface area contributed by atoms with E-state index in [0.29, 0.717) is 5.92 Å². The molecular weight excluding hydrogens is 186 g/mol. The highest BCUT2D eigenvalue weighted by atomic mass is 15.1. The van der Waals surface area contributed by atoms with Crippen LogP contribution >= 0.6 is 0 Å². The maximum absolute atomic E-state index is 6.09. The van der Waals surface area contributed by atoms with Crippen LogP contribution in [-0.2, 0) is 19.4 Å². The van der Waals surface area contributed by atoms with E-state index < -0.39 is 0 Å². The predicted molar refractivity (Wildman–Crippen MR) is 64.9 cm³/mol. The van der Waals surface area contributed by atoms with Crippen LogP contribution in [0.4, 0.5) is 5.82 Å². The molecule has 3 nitrogen and oxygen atoms in total. The van der Waals surface area contributed by atoms with Gasteiger partial charge in [0.1, 0.15) is 11.6 Å². The summed E-state index contributed by atoms with van der Waals surface area (Å²) in [6.45, 7) is 9.61. The lowest BCUT2D eigenvalue weighted by Crippen LogP contribution is -2.06. The quantitative estimate of drug-likeness (QED) is 0.810. The van der Waals surface area contributed by atoms with Crippen LogP contribution in [0.5, 0.6) is 0 Å². The van der Waals surface area contributed by atoms with Crippen LogP contribution in [0.15, 0.2) is 0 Å². The van der Waals surface area contributed by atoms with E-state index in [9.17, 15) is 0 Å². The molecule has 0 aliphatic carbocycles. The lowest BCUT2D eigenvalue weighted by atomic mass is 10.1. The Morgan fingerprint density at radius 1 is 1.33 bits per heavy atom. The highest BCUT2D eigenvalue weighted by Gasteiger charge is 2.13. The molecule has 0 unspecified atom stereocenters. The molecule has 15 heavy (non-hydrogen) atoms. The number of rotatable bonds is 5. The van der Waals surface area contributed by atoms with E-state index in [1.54, 1.807) is 0 Å². The molecule has 2 N–H and O–H groups in total. The van der Waals surface area contributed by atoms with E-state index >= 15 is 0 Å². The summed E-state index contributed by atoms with van der Waals surface area (Å²) in [6, 6.07) is 0. The van der Waals surface area contributed by atoms with Crippen molar-refractivity contribution in [2.75, 3.05) is 5.73 Å². The summed E-state index contributed by atoms with van der Waals surface area (Å²) in [6.07, 6.45) is 3.13. The zero-order valence-corrected chi connectivity index (χ0v) is 10.4. The molecule has 3 heteroatoms. The molecule has 1 aromatic heterocycles. The molecule has 1 rings (SSSR count). The second-order valence-corrected chi connectivity index (χ2v) is 4.45. The molecule has 1 aromatic rings. The first-order valence-electron chi connectivity index (χ1n) is 5.93. The van der Waals surface area contributed by atoms with Crippen LogP contribution in [0.3, 0.4) is 0 Å². The minimum Gasteiger partial charge on any atom is -0.384 e. The summed E-state index contributed by atoms with van der Waals surface area (Å²) in [7, 11) is 0. The second kappa shape index (κ2) is 5.19. The Labute approximate surface area is 92.7 Å². The van der Waals surface area contributed by atoms with Gasteiger partial charge in [-0.25, -0.2) is 4.98 Å². The van der Waals surface area contributed by atoms with Crippen molar-refractivity contribution in [1.82, 2.24) is 9.55 Å². The number of nitrogen functional groups attached to an aromatic ring is 1. The number of nitrogens with two attached hydrogens (primary N) is 1. The first-order chi connectivity index (χ1) is 7.10. The van der Waals surface area contributed by atoms with Crippen molar-refractivity contribution in [1.29, 1.82) is 0 Å². The number of anilines is 1. The zero-order chi connectivity index (χ0) is 11.4. The Balaban J connectivity index is 2.98. The SMILES string of the molecule is CCCc1nc(CC(C)C)c(N)n1CC. The molecule has 0 aliphatic rings. The van der Waals surface area contributed by atoms with Crippen molar-refractivity contribution in [2.24, 2.45) is 5.92 Å². The topological polar surface area (TPSA) is 43.8 Å². The second-order valence-electron chi connectivity index (χ2n) is 4.45. The molecular formula is C12H23N3. The Morgan fingerprint density at radius 3 is 2.47 bits per heavy atom. The minimum atomic E-state index is 0.613. The van der Waals surface area contributed by atoms with Gasteiger partial charge in [0.2, 0.25) is 0 Å². The highest BCUT2D eigenvalue weighted by molar-refractivity contribution is 5.38. The fourth-order valence-electron chi connectivity index (χ4n) is 1.87. The van der Waals surface area contributed by atoms with E-state index in [-0.39, 0.29) is 0 Å². The van der Waals surface area contributed by atoms with Gasteiger partial charge in [0.25, 0.3) is 0 Å². The Morgan fingerprint density at radius 2 is 2.00 bits per heavy atom. The molecule has 86 valence electrons. The summed E-state index contributed by atoms with van der Waals surface area (Å²) in [5.41, 5.74) is 7.17.